The lowest BCUT2D eigenvalue weighted by molar-refractivity contribution is -0.140. The molecule has 1 aliphatic rings. The Balaban J connectivity index is 1.75. The highest BCUT2D eigenvalue weighted by atomic mass is 32.2. The van der Waals surface area contributed by atoms with Crippen LogP contribution in [0.25, 0.3) is 21.9 Å². The average Bonchev–Trinajstić information content (AvgIpc) is 2.95. The van der Waals surface area contributed by atoms with Gasteiger partial charge in [0.25, 0.3) is 11.1 Å². The number of pyridine rings is 2. The number of hydrogen-bond donors (Lipinski definition) is 1. The van der Waals surface area contributed by atoms with Crippen LogP contribution in [0.5, 0.6) is 0 Å². The maximum absolute atomic E-state index is 15.0. The molecule has 0 radical (unpaired) electrons. The Hall–Kier alpha value is -4.31. The summed E-state index contributed by atoms with van der Waals surface area (Å²) in [7, 11) is -2.34. The molecule has 1 N–H and O–H groups in total. The van der Waals surface area contributed by atoms with Crippen LogP contribution < -0.4 is 21.4 Å². The maximum Gasteiger partial charge on any atom is 0.419 e. The summed E-state index contributed by atoms with van der Waals surface area (Å²) in [5.74, 6) is -1.46. The summed E-state index contributed by atoms with van der Waals surface area (Å²) >= 11 is 0. The van der Waals surface area contributed by atoms with Gasteiger partial charge < -0.3 is 15.1 Å². The highest BCUT2D eigenvalue weighted by molar-refractivity contribution is 7.90. The Bertz CT molecular complexity index is 1940. The van der Waals surface area contributed by atoms with E-state index >= 15 is 0 Å². The fraction of sp³-hybridized carbons (Fsp3) is 0.333. The van der Waals surface area contributed by atoms with Gasteiger partial charge in [0, 0.05) is 36.8 Å². The molecular formula is C27H26F4N6O5S. The van der Waals surface area contributed by atoms with Crippen molar-refractivity contribution in [3.63, 3.8) is 0 Å². The Kier molecular flexibility index (Phi) is 7.77. The van der Waals surface area contributed by atoms with Gasteiger partial charge >= 0.3 is 6.18 Å². The Labute approximate surface area is 242 Å². The van der Waals surface area contributed by atoms with Crippen LogP contribution in [-0.4, -0.2) is 60.4 Å². The van der Waals surface area contributed by atoms with Crippen LogP contribution in [0, 0.1) is 5.82 Å². The second-order valence-electron chi connectivity index (χ2n) is 10.0. The molecule has 1 atom stereocenters. The van der Waals surface area contributed by atoms with Crippen molar-refractivity contribution >= 4 is 26.4 Å². The lowest BCUT2D eigenvalue weighted by Crippen LogP contribution is -2.49. The number of hydrogen-bond acceptors (Lipinski definition) is 9. The number of halogens is 4. The van der Waals surface area contributed by atoms with Gasteiger partial charge in [-0.2, -0.15) is 18.3 Å². The molecule has 228 valence electrons. The number of aryl methyl sites for hydroxylation is 1. The minimum Gasteiger partial charge on any atom is -0.378 e. The summed E-state index contributed by atoms with van der Waals surface area (Å²) in [5, 5.41) is 8.64. The van der Waals surface area contributed by atoms with Gasteiger partial charge in [0.05, 0.1) is 54.2 Å². The number of fused-ring (bicyclic) bond motifs is 1. The molecule has 1 fully saturated rings. The van der Waals surface area contributed by atoms with Crippen molar-refractivity contribution in [1.29, 1.82) is 0 Å². The number of nitrogens with zero attached hydrogens (tertiary/aromatic N) is 5. The third-order valence-electron chi connectivity index (χ3n) is 7.06. The molecule has 1 aromatic carbocycles. The smallest absolute Gasteiger partial charge is 0.378 e. The largest absolute Gasteiger partial charge is 0.419 e. The van der Waals surface area contributed by atoms with E-state index in [4.69, 9.17) is 4.74 Å². The molecule has 43 heavy (non-hydrogen) atoms. The third kappa shape index (κ3) is 5.71. The fourth-order valence-electron chi connectivity index (χ4n) is 4.90. The summed E-state index contributed by atoms with van der Waals surface area (Å²) in [5.41, 5.74) is -2.94. The van der Waals surface area contributed by atoms with Crippen molar-refractivity contribution < 1.29 is 30.7 Å². The molecule has 4 aromatic rings. The first-order valence-corrected chi connectivity index (χ1v) is 14.9. The van der Waals surface area contributed by atoms with Crippen LogP contribution in [0.4, 0.5) is 23.4 Å². The first-order valence-electron chi connectivity index (χ1n) is 13.0. The van der Waals surface area contributed by atoms with E-state index < -0.39 is 44.6 Å². The summed E-state index contributed by atoms with van der Waals surface area (Å²) in [6.07, 6.45) is -1.38. The van der Waals surface area contributed by atoms with Gasteiger partial charge in [-0.1, -0.05) is 12.1 Å². The SMILES string of the molecule is C[C@@H](Nc1nn(C)c(=O)c2c(-c3ccc(S(C)(=O)=O)nc3)c(=O)n(N3CCOCC3)cc12)c1cccc(C(F)(F)F)c1F. The van der Waals surface area contributed by atoms with Crippen LogP contribution >= 0.6 is 0 Å². The minimum absolute atomic E-state index is 0.00890. The number of benzene rings is 1. The molecule has 0 aliphatic carbocycles. The second-order valence-corrected chi connectivity index (χ2v) is 12.0. The van der Waals surface area contributed by atoms with Crippen LogP contribution in [0.15, 0.2) is 57.3 Å². The van der Waals surface area contributed by atoms with Crippen molar-refractivity contribution in [2.24, 2.45) is 7.05 Å². The number of aromatic nitrogens is 4. The van der Waals surface area contributed by atoms with Gasteiger partial charge in [-0.05, 0) is 25.1 Å². The van der Waals surface area contributed by atoms with E-state index in [0.717, 1.165) is 17.0 Å². The van der Waals surface area contributed by atoms with E-state index in [-0.39, 0.29) is 38.3 Å². The molecule has 1 aliphatic heterocycles. The van der Waals surface area contributed by atoms with Gasteiger partial charge in [0.2, 0.25) is 0 Å². The highest BCUT2D eigenvalue weighted by Gasteiger charge is 2.35. The zero-order valence-electron chi connectivity index (χ0n) is 23.1. The van der Waals surface area contributed by atoms with Crippen molar-refractivity contribution in [1.82, 2.24) is 19.4 Å². The van der Waals surface area contributed by atoms with E-state index in [0.29, 0.717) is 32.4 Å². The number of rotatable bonds is 6. The van der Waals surface area contributed by atoms with Crippen LogP contribution in [0.1, 0.15) is 24.1 Å². The van der Waals surface area contributed by atoms with E-state index in [1.807, 2.05) is 0 Å². The van der Waals surface area contributed by atoms with E-state index in [1.54, 1.807) is 5.01 Å². The number of alkyl halides is 3. The molecule has 1 saturated heterocycles. The van der Waals surface area contributed by atoms with Crippen molar-refractivity contribution in [2.75, 3.05) is 42.9 Å². The van der Waals surface area contributed by atoms with Gasteiger partial charge in [0.15, 0.2) is 20.7 Å². The predicted octanol–water partition coefficient (Wildman–Crippen LogP) is 2.86. The Morgan fingerprint density at radius 2 is 1.77 bits per heavy atom. The monoisotopic (exact) mass is 622 g/mol. The van der Waals surface area contributed by atoms with Crippen molar-refractivity contribution in [3.05, 3.63) is 80.4 Å². The van der Waals surface area contributed by atoms with Gasteiger partial charge in [0.1, 0.15) is 5.82 Å². The Morgan fingerprint density at radius 3 is 2.37 bits per heavy atom. The predicted molar refractivity (Wildman–Crippen MR) is 150 cm³/mol. The standard InChI is InChI=1S/C27H26F4N6O5S/c1-15(17-5-4-6-19(23(17)28)27(29,30)31)33-24-18-14-37(36-9-11-42-12-10-36)26(39)21(22(18)25(38)35(2)34-24)16-7-8-20(32-13-16)43(3,40)41/h4-8,13-15H,9-12H2,1-3H3,(H,33,34)/t15-/m1/s1. The molecule has 5 rings (SSSR count). The third-order valence-corrected chi connectivity index (χ3v) is 8.06. The molecule has 3 aromatic heterocycles. The molecule has 0 spiro atoms. The summed E-state index contributed by atoms with van der Waals surface area (Å²) in [4.78, 5) is 31.4. The van der Waals surface area contributed by atoms with Gasteiger partial charge in [-0.3, -0.25) is 9.59 Å². The summed E-state index contributed by atoms with van der Waals surface area (Å²) in [6.45, 7) is 2.71. The number of sulfone groups is 1. The first kappa shape index (κ1) is 30.2. The molecule has 0 unspecified atom stereocenters. The summed E-state index contributed by atoms with van der Waals surface area (Å²) < 4.78 is 86.7. The molecule has 0 amide bonds. The summed E-state index contributed by atoms with van der Waals surface area (Å²) in [6, 6.07) is 4.45. The van der Waals surface area contributed by atoms with Gasteiger partial charge in [-0.15, -0.1) is 0 Å². The molecule has 16 heteroatoms. The number of nitrogens with one attached hydrogen (secondary N) is 1. The van der Waals surface area contributed by atoms with Crippen LogP contribution in [-0.2, 0) is 27.8 Å². The highest BCUT2D eigenvalue weighted by Crippen LogP contribution is 2.35. The van der Waals surface area contributed by atoms with Crippen molar-refractivity contribution in [2.45, 2.75) is 24.2 Å². The Morgan fingerprint density at radius 1 is 1.07 bits per heavy atom. The lowest BCUT2D eigenvalue weighted by atomic mass is 10.0. The first-order chi connectivity index (χ1) is 20.2. The molecule has 0 bridgehead atoms. The average molecular weight is 623 g/mol. The quantitative estimate of drug-likeness (QED) is 0.323. The zero-order valence-corrected chi connectivity index (χ0v) is 24.0. The topological polar surface area (TPSA) is 128 Å². The number of ether oxygens (including phenoxy) is 1. The minimum atomic E-state index is -4.91. The second kappa shape index (κ2) is 11.1. The van der Waals surface area contributed by atoms with E-state index in [2.05, 4.69) is 15.4 Å². The molecule has 11 nitrogen and oxygen atoms in total. The van der Waals surface area contributed by atoms with Crippen LogP contribution in [0.2, 0.25) is 0 Å². The number of morpholine rings is 1. The van der Waals surface area contributed by atoms with Crippen LogP contribution in [0.3, 0.4) is 0 Å². The lowest BCUT2D eigenvalue weighted by Gasteiger charge is -2.31. The molecular weight excluding hydrogens is 596 g/mol. The van der Waals surface area contributed by atoms with Gasteiger partial charge in [-0.25, -0.2) is 27.2 Å². The molecule has 0 saturated carbocycles. The zero-order chi connectivity index (χ0) is 31.3. The maximum atomic E-state index is 15.0. The number of anilines is 1. The fourth-order valence-corrected chi connectivity index (χ4v) is 5.46. The van der Waals surface area contributed by atoms with Crippen molar-refractivity contribution in [3.8, 4) is 11.1 Å². The normalized spacial score (nSPS) is 15.1. The molecule has 4 heterocycles. The van der Waals surface area contributed by atoms with E-state index in [1.165, 1.54) is 49.2 Å². The van der Waals surface area contributed by atoms with E-state index in [9.17, 15) is 35.6 Å².